The predicted octanol–water partition coefficient (Wildman–Crippen LogP) is 1.48. The van der Waals surface area contributed by atoms with Crippen LogP contribution < -0.4 is 9.47 Å². The van der Waals surface area contributed by atoms with Gasteiger partial charge in [-0.05, 0) is 18.6 Å². The van der Waals surface area contributed by atoms with Crippen molar-refractivity contribution >= 4 is 5.97 Å². The summed E-state index contributed by atoms with van der Waals surface area (Å²) in [6.45, 7) is 1.98. The Balaban J connectivity index is 2.33. The Morgan fingerprint density at radius 2 is 2.19 bits per heavy atom. The lowest BCUT2D eigenvalue weighted by Gasteiger charge is -2.10. The first-order valence-electron chi connectivity index (χ1n) is 5.07. The van der Waals surface area contributed by atoms with E-state index < -0.39 is 6.10 Å². The van der Waals surface area contributed by atoms with Crippen molar-refractivity contribution in [3.63, 3.8) is 0 Å². The third-order valence-corrected chi connectivity index (χ3v) is 2.63. The van der Waals surface area contributed by atoms with Crippen molar-refractivity contribution in [2.24, 2.45) is 0 Å². The largest absolute Gasteiger partial charge is 0.493 e. The van der Waals surface area contributed by atoms with Gasteiger partial charge in [0.25, 0.3) is 0 Å². The van der Waals surface area contributed by atoms with Crippen LogP contribution in [0.3, 0.4) is 0 Å². The highest BCUT2D eigenvalue weighted by molar-refractivity contribution is 5.77. The Bertz CT molecular complexity index is 425. The Labute approximate surface area is 94.1 Å². The molecular formula is C12H14O4. The number of esters is 1. The quantitative estimate of drug-likeness (QED) is 0.711. The van der Waals surface area contributed by atoms with Gasteiger partial charge in [0.1, 0.15) is 0 Å². The first kappa shape index (κ1) is 10.8. The zero-order valence-electron chi connectivity index (χ0n) is 9.57. The van der Waals surface area contributed by atoms with Gasteiger partial charge < -0.3 is 14.2 Å². The molecule has 4 heteroatoms. The maximum Gasteiger partial charge on any atom is 0.347 e. The van der Waals surface area contributed by atoms with Crippen molar-refractivity contribution in [2.45, 2.75) is 19.4 Å². The average molecular weight is 222 g/mol. The maximum atomic E-state index is 11.4. The van der Waals surface area contributed by atoms with Crippen LogP contribution in [-0.2, 0) is 16.0 Å². The molecule has 86 valence electrons. The Hall–Kier alpha value is -1.71. The lowest BCUT2D eigenvalue weighted by Crippen LogP contribution is -2.26. The summed E-state index contributed by atoms with van der Waals surface area (Å²) in [6, 6.07) is 3.89. The average Bonchev–Trinajstić information content (AvgIpc) is 2.70. The summed E-state index contributed by atoms with van der Waals surface area (Å²) in [5.41, 5.74) is 2.08. The van der Waals surface area contributed by atoms with Gasteiger partial charge in [-0.2, -0.15) is 0 Å². The monoisotopic (exact) mass is 222 g/mol. The molecule has 0 N–H and O–H groups in total. The first-order chi connectivity index (χ1) is 7.65. The molecule has 1 unspecified atom stereocenters. The molecule has 0 bridgehead atoms. The molecule has 1 heterocycles. The minimum atomic E-state index is -0.546. The summed E-state index contributed by atoms with van der Waals surface area (Å²) in [5, 5.41) is 0. The number of rotatable bonds is 2. The highest BCUT2D eigenvalue weighted by Gasteiger charge is 2.32. The van der Waals surface area contributed by atoms with Crippen LogP contribution in [0.25, 0.3) is 0 Å². The van der Waals surface area contributed by atoms with Gasteiger partial charge in [0, 0.05) is 12.0 Å². The molecule has 16 heavy (non-hydrogen) atoms. The molecule has 0 aliphatic carbocycles. The molecule has 1 atom stereocenters. The fourth-order valence-electron chi connectivity index (χ4n) is 1.90. The lowest BCUT2D eigenvalue weighted by atomic mass is 10.1. The number of hydrogen-bond donors (Lipinski definition) is 0. The Morgan fingerprint density at radius 3 is 2.81 bits per heavy atom. The van der Waals surface area contributed by atoms with E-state index in [-0.39, 0.29) is 5.97 Å². The van der Waals surface area contributed by atoms with Crippen LogP contribution in [0.2, 0.25) is 0 Å². The Kier molecular flexibility index (Phi) is 2.73. The minimum absolute atomic E-state index is 0.351. The zero-order valence-corrected chi connectivity index (χ0v) is 9.57. The topological polar surface area (TPSA) is 44.8 Å². The van der Waals surface area contributed by atoms with Crippen LogP contribution in [0, 0.1) is 6.92 Å². The SMILES string of the molecule is COC(=O)C1Cc2cc(C)cc(OC)c2O1. The number of benzene rings is 1. The van der Waals surface area contributed by atoms with Gasteiger partial charge in [-0.3, -0.25) is 0 Å². The van der Waals surface area contributed by atoms with Crippen LogP contribution >= 0.6 is 0 Å². The maximum absolute atomic E-state index is 11.4. The highest BCUT2D eigenvalue weighted by Crippen LogP contribution is 2.39. The van der Waals surface area contributed by atoms with Gasteiger partial charge in [0.15, 0.2) is 17.6 Å². The van der Waals surface area contributed by atoms with E-state index in [9.17, 15) is 4.79 Å². The summed E-state index contributed by atoms with van der Waals surface area (Å²) >= 11 is 0. The normalized spacial score (nSPS) is 17.6. The molecule has 1 aliphatic rings. The molecule has 0 amide bonds. The van der Waals surface area contributed by atoms with Gasteiger partial charge in [-0.1, -0.05) is 6.07 Å². The van der Waals surface area contributed by atoms with Crippen molar-refractivity contribution in [1.82, 2.24) is 0 Å². The second-order valence-electron chi connectivity index (χ2n) is 3.79. The zero-order chi connectivity index (χ0) is 11.7. The van der Waals surface area contributed by atoms with E-state index >= 15 is 0 Å². The highest BCUT2D eigenvalue weighted by atomic mass is 16.6. The van der Waals surface area contributed by atoms with Crippen LogP contribution in [-0.4, -0.2) is 26.3 Å². The third kappa shape index (κ3) is 1.71. The van der Waals surface area contributed by atoms with Gasteiger partial charge in [0.2, 0.25) is 0 Å². The molecule has 1 aliphatic heterocycles. The molecule has 0 fully saturated rings. The molecule has 1 aromatic rings. The molecule has 0 aromatic heterocycles. The lowest BCUT2D eigenvalue weighted by molar-refractivity contribution is -0.147. The standard InChI is InChI=1S/C12H14O4/c1-7-4-8-6-10(12(13)15-3)16-11(8)9(5-7)14-2/h4-5,10H,6H2,1-3H3. The van der Waals surface area contributed by atoms with E-state index in [4.69, 9.17) is 9.47 Å². The van der Waals surface area contributed by atoms with E-state index in [1.807, 2.05) is 19.1 Å². The summed E-state index contributed by atoms with van der Waals surface area (Å²) < 4.78 is 15.4. The number of fused-ring (bicyclic) bond motifs is 1. The van der Waals surface area contributed by atoms with Crippen molar-refractivity contribution in [3.05, 3.63) is 23.3 Å². The van der Waals surface area contributed by atoms with Gasteiger partial charge in [-0.25, -0.2) is 4.79 Å². The van der Waals surface area contributed by atoms with Gasteiger partial charge in [-0.15, -0.1) is 0 Å². The molecule has 0 radical (unpaired) electrons. The second kappa shape index (κ2) is 4.04. The molecule has 1 aromatic carbocycles. The van der Waals surface area contributed by atoms with Crippen molar-refractivity contribution < 1.29 is 19.0 Å². The van der Waals surface area contributed by atoms with E-state index in [0.29, 0.717) is 17.9 Å². The molecular weight excluding hydrogens is 208 g/mol. The molecule has 4 nitrogen and oxygen atoms in total. The van der Waals surface area contributed by atoms with Crippen LogP contribution in [0.4, 0.5) is 0 Å². The Morgan fingerprint density at radius 1 is 1.44 bits per heavy atom. The minimum Gasteiger partial charge on any atom is -0.493 e. The number of hydrogen-bond acceptors (Lipinski definition) is 4. The van der Waals surface area contributed by atoms with Crippen LogP contribution in [0.1, 0.15) is 11.1 Å². The van der Waals surface area contributed by atoms with E-state index in [0.717, 1.165) is 11.1 Å². The van der Waals surface area contributed by atoms with E-state index in [2.05, 4.69) is 4.74 Å². The van der Waals surface area contributed by atoms with E-state index in [1.165, 1.54) is 7.11 Å². The van der Waals surface area contributed by atoms with Crippen molar-refractivity contribution in [2.75, 3.05) is 14.2 Å². The molecule has 0 saturated carbocycles. The summed E-state index contributed by atoms with van der Waals surface area (Å²) in [4.78, 5) is 11.4. The number of methoxy groups -OCH3 is 2. The molecule has 2 rings (SSSR count). The van der Waals surface area contributed by atoms with Crippen molar-refractivity contribution in [3.8, 4) is 11.5 Å². The smallest absolute Gasteiger partial charge is 0.347 e. The molecule has 0 spiro atoms. The second-order valence-corrected chi connectivity index (χ2v) is 3.79. The van der Waals surface area contributed by atoms with Crippen molar-refractivity contribution in [1.29, 1.82) is 0 Å². The number of aryl methyl sites for hydroxylation is 1. The van der Waals surface area contributed by atoms with E-state index in [1.54, 1.807) is 7.11 Å². The fourth-order valence-corrected chi connectivity index (χ4v) is 1.90. The van der Waals surface area contributed by atoms with Gasteiger partial charge >= 0.3 is 5.97 Å². The first-order valence-corrected chi connectivity index (χ1v) is 5.07. The summed E-state index contributed by atoms with van der Waals surface area (Å²) in [6.07, 6.45) is -0.00394. The molecule has 0 saturated heterocycles. The van der Waals surface area contributed by atoms with Crippen LogP contribution in [0.5, 0.6) is 11.5 Å². The van der Waals surface area contributed by atoms with Crippen LogP contribution in [0.15, 0.2) is 12.1 Å². The van der Waals surface area contributed by atoms with Gasteiger partial charge in [0.05, 0.1) is 14.2 Å². The number of carbonyl (C=O) groups is 1. The fraction of sp³-hybridized carbons (Fsp3) is 0.417. The third-order valence-electron chi connectivity index (χ3n) is 2.63. The number of carbonyl (C=O) groups excluding carboxylic acids is 1. The summed E-state index contributed by atoms with van der Waals surface area (Å²) in [5.74, 6) is 0.973. The summed E-state index contributed by atoms with van der Waals surface area (Å²) in [7, 11) is 2.95. The number of ether oxygens (including phenoxy) is 3. The predicted molar refractivity (Wildman–Crippen MR) is 57.9 cm³/mol.